The van der Waals surface area contributed by atoms with E-state index in [0.29, 0.717) is 17.0 Å². The Morgan fingerprint density at radius 1 is 1.37 bits per heavy atom. The van der Waals surface area contributed by atoms with Crippen LogP contribution in [-0.4, -0.2) is 40.7 Å². The van der Waals surface area contributed by atoms with Gasteiger partial charge in [-0.1, -0.05) is 20.3 Å². The number of nitrogens with zero attached hydrogens (tertiary/aromatic N) is 1. The molecule has 0 aromatic carbocycles. The fraction of sp³-hybridized carbons (Fsp3) is 0.556. The van der Waals surface area contributed by atoms with Crippen LogP contribution in [0.25, 0.3) is 10.2 Å². The number of thiophene rings is 1. The van der Waals surface area contributed by atoms with Gasteiger partial charge >= 0.3 is 5.97 Å². The van der Waals surface area contributed by atoms with Crippen molar-refractivity contribution >= 4 is 45.2 Å². The van der Waals surface area contributed by atoms with Crippen molar-refractivity contribution in [2.45, 2.75) is 45.9 Å². The molecule has 0 radical (unpaired) electrons. The summed E-state index contributed by atoms with van der Waals surface area (Å²) in [4.78, 5) is 45.4. The number of aryl methyl sites for hydroxylation is 2. The zero-order valence-electron chi connectivity index (χ0n) is 16.2. The molecule has 9 heteroatoms. The van der Waals surface area contributed by atoms with E-state index >= 15 is 0 Å². The lowest BCUT2D eigenvalue weighted by Crippen LogP contribution is -2.46. The number of carbonyl (C=O) groups is 2. The first-order valence-electron chi connectivity index (χ1n) is 8.72. The van der Waals surface area contributed by atoms with Crippen molar-refractivity contribution < 1.29 is 14.3 Å². The number of amides is 1. The predicted octanol–water partition coefficient (Wildman–Crippen LogP) is 2.54. The topological polar surface area (TPSA) is 101 Å². The molecular weight excluding hydrogens is 386 g/mol. The van der Waals surface area contributed by atoms with E-state index < -0.39 is 12.0 Å². The Morgan fingerprint density at radius 3 is 2.70 bits per heavy atom. The maximum atomic E-state index is 12.3. The van der Waals surface area contributed by atoms with Crippen LogP contribution in [-0.2, 0) is 20.1 Å². The standard InChI is InChI=1S/C18H25N3O4S2/c1-6-9(2)15(18(24)25-5)21-13(22)8-26-7-12-19-16(23)14-10(3)11(4)27-17(14)20-12/h9,15H,6-8H2,1-5H3,(H,21,22)(H,19,20,23)/t9-,15+/m1/s1. The fourth-order valence-electron chi connectivity index (χ4n) is 2.62. The highest BCUT2D eigenvalue weighted by atomic mass is 32.2. The summed E-state index contributed by atoms with van der Waals surface area (Å²) >= 11 is 2.83. The lowest BCUT2D eigenvalue weighted by Gasteiger charge is -2.21. The quantitative estimate of drug-likeness (QED) is 0.648. The second-order valence-electron chi connectivity index (χ2n) is 6.42. The van der Waals surface area contributed by atoms with Crippen molar-refractivity contribution in [3.63, 3.8) is 0 Å². The van der Waals surface area contributed by atoms with Crippen LogP contribution in [0.2, 0.25) is 0 Å². The molecule has 7 nitrogen and oxygen atoms in total. The van der Waals surface area contributed by atoms with Crippen molar-refractivity contribution in [3.8, 4) is 0 Å². The summed E-state index contributed by atoms with van der Waals surface area (Å²) in [6.07, 6.45) is 0.748. The van der Waals surface area contributed by atoms with Gasteiger partial charge in [0, 0.05) is 4.88 Å². The molecule has 0 spiro atoms. The van der Waals surface area contributed by atoms with E-state index in [1.165, 1.54) is 30.2 Å². The van der Waals surface area contributed by atoms with Crippen LogP contribution in [0.4, 0.5) is 0 Å². The van der Waals surface area contributed by atoms with Gasteiger partial charge in [0.15, 0.2) is 0 Å². The largest absolute Gasteiger partial charge is 0.467 e. The lowest BCUT2D eigenvalue weighted by atomic mass is 9.99. The van der Waals surface area contributed by atoms with Gasteiger partial charge in [-0.05, 0) is 25.3 Å². The number of carbonyl (C=O) groups excluding carboxylic acids is 2. The van der Waals surface area contributed by atoms with Gasteiger partial charge in [0.1, 0.15) is 16.7 Å². The summed E-state index contributed by atoms with van der Waals surface area (Å²) in [6.45, 7) is 7.73. The predicted molar refractivity (Wildman–Crippen MR) is 109 cm³/mol. The van der Waals surface area contributed by atoms with Gasteiger partial charge in [-0.2, -0.15) is 0 Å². The molecule has 148 valence electrons. The van der Waals surface area contributed by atoms with Crippen LogP contribution in [0, 0.1) is 19.8 Å². The molecule has 0 aliphatic rings. The van der Waals surface area contributed by atoms with Gasteiger partial charge in [0.2, 0.25) is 5.91 Å². The number of ether oxygens (including phenoxy) is 1. The Bertz CT molecular complexity index is 891. The maximum Gasteiger partial charge on any atom is 0.328 e. The maximum absolute atomic E-state index is 12.3. The normalized spacial score (nSPS) is 13.4. The minimum atomic E-state index is -0.653. The number of H-pyrrole nitrogens is 1. The van der Waals surface area contributed by atoms with E-state index in [-0.39, 0.29) is 23.1 Å². The number of methoxy groups -OCH3 is 1. The molecular formula is C18H25N3O4S2. The number of aromatic nitrogens is 2. The molecule has 2 rings (SSSR count). The number of rotatable bonds is 8. The second-order valence-corrected chi connectivity index (χ2v) is 8.61. The first-order valence-corrected chi connectivity index (χ1v) is 10.7. The molecule has 2 aromatic rings. The number of fused-ring (bicyclic) bond motifs is 1. The van der Waals surface area contributed by atoms with Crippen molar-refractivity contribution in [1.29, 1.82) is 0 Å². The minimum Gasteiger partial charge on any atom is -0.467 e. The van der Waals surface area contributed by atoms with E-state index in [0.717, 1.165) is 21.7 Å². The van der Waals surface area contributed by atoms with Crippen molar-refractivity contribution in [1.82, 2.24) is 15.3 Å². The fourth-order valence-corrected chi connectivity index (χ4v) is 4.37. The highest BCUT2D eigenvalue weighted by Crippen LogP contribution is 2.26. The molecule has 0 saturated heterocycles. The molecule has 0 saturated carbocycles. The van der Waals surface area contributed by atoms with Crippen LogP contribution in [0.15, 0.2) is 4.79 Å². The van der Waals surface area contributed by atoms with Gasteiger partial charge in [-0.15, -0.1) is 23.1 Å². The van der Waals surface area contributed by atoms with Gasteiger partial charge in [-0.25, -0.2) is 9.78 Å². The average molecular weight is 412 g/mol. The molecule has 0 unspecified atom stereocenters. The lowest BCUT2D eigenvalue weighted by molar-refractivity contribution is -0.146. The second kappa shape index (κ2) is 9.36. The zero-order chi connectivity index (χ0) is 20.1. The monoisotopic (exact) mass is 411 g/mol. The van der Waals surface area contributed by atoms with E-state index in [4.69, 9.17) is 4.74 Å². The molecule has 2 aromatic heterocycles. The molecule has 2 atom stereocenters. The Hall–Kier alpha value is -1.87. The van der Waals surface area contributed by atoms with Crippen LogP contribution in [0.1, 0.15) is 36.5 Å². The van der Waals surface area contributed by atoms with E-state index in [2.05, 4.69) is 15.3 Å². The average Bonchev–Trinajstić information content (AvgIpc) is 2.92. The molecule has 27 heavy (non-hydrogen) atoms. The van der Waals surface area contributed by atoms with Gasteiger partial charge in [0.25, 0.3) is 5.56 Å². The summed E-state index contributed by atoms with van der Waals surface area (Å²) in [5, 5.41) is 3.37. The van der Waals surface area contributed by atoms with Crippen molar-refractivity contribution in [2.75, 3.05) is 12.9 Å². The van der Waals surface area contributed by atoms with Crippen LogP contribution < -0.4 is 10.9 Å². The smallest absolute Gasteiger partial charge is 0.328 e. The molecule has 2 heterocycles. The number of aromatic amines is 1. The van der Waals surface area contributed by atoms with Crippen LogP contribution in [0.3, 0.4) is 0 Å². The summed E-state index contributed by atoms with van der Waals surface area (Å²) in [6, 6.07) is -0.653. The highest BCUT2D eigenvalue weighted by Gasteiger charge is 2.26. The van der Waals surface area contributed by atoms with Gasteiger partial charge in [0.05, 0.1) is 24.0 Å². The van der Waals surface area contributed by atoms with Gasteiger partial charge in [-0.3, -0.25) is 9.59 Å². The third-order valence-electron chi connectivity index (χ3n) is 4.54. The first-order chi connectivity index (χ1) is 12.8. The number of hydrogen-bond acceptors (Lipinski definition) is 7. The first kappa shape index (κ1) is 21.4. The Balaban J connectivity index is 1.97. The molecule has 0 aliphatic heterocycles. The van der Waals surface area contributed by atoms with Crippen LogP contribution in [0.5, 0.6) is 0 Å². The van der Waals surface area contributed by atoms with Crippen molar-refractivity contribution in [3.05, 3.63) is 26.6 Å². The Morgan fingerprint density at radius 2 is 2.07 bits per heavy atom. The zero-order valence-corrected chi connectivity index (χ0v) is 17.8. The molecule has 0 aliphatic carbocycles. The Labute approximate surface area is 166 Å². The molecule has 0 fully saturated rings. The van der Waals surface area contributed by atoms with Crippen molar-refractivity contribution in [2.24, 2.45) is 5.92 Å². The molecule has 1 amide bonds. The summed E-state index contributed by atoms with van der Waals surface area (Å²) in [7, 11) is 1.31. The molecule has 2 N–H and O–H groups in total. The van der Waals surface area contributed by atoms with E-state index in [9.17, 15) is 14.4 Å². The van der Waals surface area contributed by atoms with E-state index in [1.807, 2.05) is 27.7 Å². The van der Waals surface area contributed by atoms with E-state index in [1.54, 1.807) is 0 Å². The minimum absolute atomic E-state index is 0.0165. The molecule has 0 bridgehead atoms. The number of nitrogens with one attached hydrogen (secondary N) is 2. The summed E-state index contributed by atoms with van der Waals surface area (Å²) < 4.78 is 4.77. The number of hydrogen-bond donors (Lipinski definition) is 2. The van der Waals surface area contributed by atoms with Crippen LogP contribution >= 0.6 is 23.1 Å². The summed E-state index contributed by atoms with van der Waals surface area (Å²) in [5.41, 5.74) is 0.811. The Kier molecular flexibility index (Phi) is 7.43. The number of thioether (sulfide) groups is 1. The number of esters is 1. The highest BCUT2D eigenvalue weighted by molar-refractivity contribution is 7.99. The SMILES string of the molecule is CC[C@@H](C)[C@H](NC(=O)CSCc1nc2sc(C)c(C)c2c(=O)[nH]1)C(=O)OC. The van der Waals surface area contributed by atoms with Gasteiger partial charge < -0.3 is 15.0 Å². The summed E-state index contributed by atoms with van der Waals surface area (Å²) in [5.74, 6) is 0.397. The third kappa shape index (κ3) is 5.10. The third-order valence-corrected chi connectivity index (χ3v) is 6.59.